The quantitative estimate of drug-likeness (QED) is 0.904. The van der Waals surface area contributed by atoms with E-state index in [1.165, 1.54) is 0 Å². The van der Waals surface area contributed by atoms with Gasteiger partial charge in [0.25, 0.3) is 0 Å². The summed E-state index contributed by atoms with van der Waals surface area (Å²) in [5.74, 6) is 1.37. The molecule has 0 bridgehead atoms. The minimum absolute atomic E-state index is 0.613. The standard InChI is InChI=1S/C13H16BrClN4/c1-9(2)4-16-5-10-3-13(17-7-12(10)15)19-8-11(14)6-18-19/h3,6-9,16H,4-5H2,1-2H3. The zero-order chi connectivity index (χ0) is 13.8. The Bertz CT molecular complexity index is 553. The van der Waals surface area contributed by atoms with Crippen LogP contribution in [0.3, 0.4) is 0 Å². The molecule has 0 aliphatic carbocycles. The van der Waals surface area contributed by atoms with Gasteiger partial charge in [0.15, 0.2) is 5.82 Å². The molecule has 102 valence electrons. The molecule has 1 N–H and O–H groups in total. The van der Waals surface area contributed by atoms with E-state index in [1.807, 2.05) is 12.3 Å². The SMILES string of the molecule is CC(C)CNCc1cc(-n2cc(Br)cn2)ncc1Cl. The smallest absolute Gasteiger partial charge is 0.153 e. The average Bonchev–Trinajstić information content (AvgIpc) is 2.78. The highest BCUT2D eigenvalue weighted by Crippen LogP contribution is 2.18. The Morgan fingerprint density at radius 1 is 1.42 bits per heavy atom. The second-order valence-corrected chi connectivity index (χ2v) is 6.08. The van der Waals surface area contributed by atoms with E-state index in [1.54, 1.807) is 17.1 Å². The number of hydrogen-bond acceptors (Lipinski definition) is 3. The van der Waals surface area contributed by atoms with Crippen molar-refractivity contribution in [1.29, 1.82) is 0 Å². The van der Waals surface area contributed by atoms with E-state index in [-0.39, 0.29) is 0 Å². The van der Waals surface area contributed by atoms with Gasteiger partial charge in [0, 0.05) is 18.9 Å². The number of halogens is 2. The van der Waals surface area contributed by atoms with E-state index in [0.29, 0.717) is 10.9 Å². The summed E-state index contributed by atoms with van der Waals surface area (Å²) >= 11 is 9.53. The summed E-state index contributed by atoms with van der Waals surface area (Å²) in [6.07, 6.45) is 5.26. The summed E-state index contributed by atoms with van der Waals surface area (Å²) in [7, 11) is 0. The Hall–Kier alpha value is -0.910. The third-order valence-electron chi connectivity index (χ3n) is 2.57. The summed E-state index contributed by atoms with van der Waals surface area (Å²) in [6.45, 7) is 6.04. The molecule has 0 saturated heterocycles. The van der Waals surface area contributed by atoms with E-state index in [9.17, 15) is 0 Å². The molecule has 0 aromatic carbocycles. The van der Waals surface area contributed by atoms with Gasteiger partial charge in [0.2, 0.25) is 0 Å². The molecule has 0 spiro atoms. The van der Waals surface area contributed by atoms with Crippen molar-refractivity contribution in [3.8, 4) is 5.82 Å². The van der Waals surface area contributed by atoms with E-state index in [2.05, 4.69) is 45.2 Å². The third-order valence-corrected chi connectivity index (χ3v) is 3.32. The van der Waals surface area contributed by atoms with E-state index in [0.717, 1.165) is 28.9 Å². The molecule has 6 heteroatoms. The fourth-order valence-corrected chi connectivity index (χ4v) is 2.11. The number of rotatable bonds is 5. The normalized spacial score (nSPS) is 11.2. The van der Waals surface area contributed by atoms with Crippen LogP contribution in [0, 0.1) is 5.92 Å². The highest BCUT2D eigenvalue weighted by atomic mass is 79.9. The average molecular weight is 344 g/mol. The summed E-state index contributed by atoms with van der Waals surface area (Å²) in [4.78, 5) is 4.29. The lowest BCUT2D eigenvalue weighted by Crippen LogP contribution is -2.19. The Balaban J connectivity index is 2.15. The number of nitrogens with zero attached hydrogens (tertiary/aromatic N) is 3. The van der Waals surface area contributed by atoms with Crippen LogP contribution in [-0.4, -0.2) is 21.3 Å². The second kappa shape index (κ2) is 6.50. The first-order valence-corrected chi connectivity index (χ1v) is 7.29. The van der Waals surface area contributed by atoms with Crippen LogP contribution in [0.25, 0.3) is 5.82 Å². The predicted molar refractivity (Wildman–Crippen MR) is 80.6 cm³/mol. The summed E-state index contributed by atoms with van der Waals surface area (Å²) in [6, 6.07) is 1.95. The molecular weight excluding hydrogens is 328 g/mol. The Morgan fingerprint density at radius 2 is 2.21 bits per heavy atom. The molecule has 0 atom stereocenters. The van der Waals surface area contributed by atoms with Crippen LogP contribution < -0.4 is 5.32 Å². The van der Waals surface area contributed by atoms with Crippen molar-refractivity contribution in [2.75, 3.05) is 6.54 Å². The van der Waals surface area contributed by atoms with Crippen LogP contribution in [0.1, 0.15) is 19.4 Å². The molecule has 2 aromatic heterocycles. The first-order valence-electron chi connectivity index (χ1n) is 6.12. The summed E-state index contributed by atoms with van der Waals surface area (Å²) < 4.78 is 2.63. The van der Waals surface area contributed by atoms with E-state index in [4.69, 9.17) is 11.6 Å². The second-order valence-electron chi connectivity index (χ2n) is 4.76. The molecule has 2 rings (SSSR count). The van der Waals surface area contributed by atoms with Gasteiger partial charge in [-0.3, -0.25) is 0 Å². The maximum absolute atomic E-state index is 6.16. The van der Waals surface area contributed by atoms with Crippen molar-refractivity contribution < 1.29 is 0 Å². The van der Waals surface area contributed by atoms with Crippen LogP contribution in [0.2, 0.25) is 5.02 Å². The monoisotopic (exact) mass is 342 g/mol. The van der Waals surface area contributed by atoms with Gasteiger partial charge < -0.3 is 5.32 Å². The Morgan fingerprint density at radius 3 is 2.84 bits per heavy atom. The zero-order valence-corrected chi connectivity index (χ0v) is 13.2. The zero-order valence-electron chi connectivity index (χ0n) is 10.9. The molecule has 0 radical (unpaired) electrons. The predicted octanol–water partition coefficient (Wildman–Crippen LogP) is 3.43. The molecule has 0 fully saturated rings. The minimum atomic E-state index is 0.613. The molecule has 0 amide bonds. The van der Waals surface area contributed by atoms with Crippen LogP contribution >= 0.6 is 27.5 Å². The molecule has 0 aliphatic rings. The fraction of sp³-hybridized carbons (Fsp3) is 0.385. The fourth-order valence-electron chi connectivity index (χ4n) is 1.65. The van der Waals surface area contributed by atoms with Crippen LogP contribution in [0.4, 0.5) is 0 Å². The van der Waals surface area contributed by atoms with E-state index < -0.39 is 0 Å². The van der Waals surface area contributed by atoms with Crippen LogP contribution in [0.15, 0.2) is 29.1 Å². The maximum atomic E-state index is 6.16. The van der Waals surface area contributed by atoms with Gasteiger partial charge in [-0.25, -0.2) is 9.67 Å². The van der Waals surface area contributed by atoms with Crippen molar-refractivity contribution in [2.45, 2.75) is 20.4 Å². The van der Waals surface area contributed by atoms with Crippen LogP contribution in [-0.2, 0) is 6.54 Å². The van der Waals surface area contributed by atoms with Crippen molar-refractivity contribution in [2.24, 2.45) is 5.92 Å². The first kappa shape index (κ1) is 14.5. The molecule has 19 heavy (non-hydrogen) atoms. The number of aromatic nitrogens is 3. The molecule has 4 nitrogen and oxygen atoms in total. The molecule has 2 heterocycles. The van der Waals surface area contributed by atoms with Gasteiger partial charge in [-0.1, -0.05) is 25.4 Å². The van der Waals surface area contributed by atoms with E-state index >= 15 is 0 Å². The number of pyridine rings is 1. The van der Waals surface area contributed by atoms with Gasteiger partial charge in [0.1, 0.15) is 0 Å². The lowest BCUT2D eigenvalue weighted by molar-refractivity contribution is 0.552. The Kier molecular flexibility index (Phi) is 4.96. The topological polar surface area (TPSA) is 42.7 Å². The number of nitrogens with one attached hydrogen (secondary N) is 1. The number of hydrogen-bond donors (Lipinski definition) is 1. The highest BCUT2D eigenvalue weighted by Gasteiger charge is 2.06. The molecule has 0 aliphatic heterocycles. The maximum Gasteiger partial charge on any atom is 0.153 e. The highest BCUT2D eigenvalue weighted by molar-refractivity contribution is 9.10. The van der Waals surface area contributed by atoms with Gasteiger partial charge in [-0.2, -0.15) is 5.10 Å². The van der Waals surface area contributed by atoms with Gasteiger partial charge in [-0.15, -0.1) is 0 Å². The molecule has 2 aromatic rings. The largest absolute Gasteiger partial charge is 0.312 e. The van der Waals surface area contributed by atoms with Gasteiger partial charge in [0.05, 0.1) is 15.7 Å². The Labute approximate surface area is 126 Å². The van der Waals surface area contributed by atoms with Crippen molar-refractivity contribution in [3.05, 3.63) is 39.7 Å². The molecular formula is C13H16BrClN4. The molecule has 0 unspecified atom stereocenters. The van der Waals surface area contributed by atoms with Gasteiger partial charge >= 0.3 is 0 Å². The lowest BCUT2D eigenvalue weighted by Gasteiger charge is -2.10. The minimum Gasteiger partial charge on any atom is -0.312 e. The first-order chi connectivity index (χ1) is 9.06. The lowest BCUT2D eigenvalue weighted by atomic mass is 10.2. The summed E-state index contributed by atoms with van der Waals surface area (Å²) in [5, 5.41) is 8.26. The summed E-state index contributed by atoms with van der Waals surface area (Å²) in [5.41, 5.74) is 1.03. The van der Waals surface area contributed by atoms with Gasteiger partial charge in [-0.05, 0) is 40.0 Å². The van der Waals surface area contributed by atoms with Crippen LogP contribution in [0.5, 0.6) is 0 Å². The van der Waals surface area contributed by atoms with Crippen molar-refractivity contribution in [3.63, 3.8) is 0 Å². The van der Waals surface area contributed by atoms with Crippen molar-refractivity contribution >= 4 is 27.5 Å². The molecule has 0 saturated carbocycles. The third kappa shape index (κ3) is 4.03. The van der Waals surface area contributed by atoms with Crippen molar-refractivity contribution in [1.82, 2.24) is 20.1 Å².